The number of nitrogens with two attached hydrogens (primary N) is 1. The largest absolute Gasteiger partial charge is 0.368 e. The van der Waals surface area contributed by atoms with E-state index >= 15 is 0 Å². The van der Waals surface area contributed by atoms with Gasteiger partial charge in [-0.3, -0.25) is 9.36 Å². The molecule has 0 aliphatic carbocycles. The third-order valence-corrected chi connectivity index (χ3v) is 5.96. The molecule has 9 heteroatoms. The van der Waals surface area contributed by atoms with Crippen LogP contribution in [-0.4, -0.2) is 38.6 Å². The molecule has 2 heterocycles. The summed E-state index contributed by atoms with van der Waals surface area (Å²) < 4.78 is 1.67. The number of rotatable bonds is 5. The summed E-state index contributed by atoms with van der Waals surface area (Å²) in [5.41, 5.74) is 9.38. The maximum absolute atomic E-state index is 13.5. The van der Waals surface area contributed by atoms with Crippen molar-refractivity contribution in [1.29, 1.82) is 0 Å². The molecule has 0 bridgehead atoms. The van der Waals surface area contributed by atoms with Crippen LogP contribution in [0.25, 0.3) is 16.6 Å². The predicted octanol–water partition coefficient (Wildman–Crippen LogP) is 3.69. The van der Waals surface area contributed by atoms with Crippen LogP contribution in [0.3, 0.4) is 0 Å². The van der Waals surface area contributed by atoms with Crippen molar-refractivity contribution in [3.63, 3.8) is 0 Å². The zero-order chi connectivity index (χ0) is 23.0. The molecule has 0 aliphatic rings. The number of hydrogen-bond donors (Lipinski definition) is 1. The fourth-order valence-electron chi connectivity index (χ4n) is 3.49. The van der Waals surface area contributed by atoms with Gasteiger partial charge >= 0.3 is 0 Å². The number of benzene rings is 2. The van der Waals surface area contributed by atoms with Crippen molar-refractivity contribution < 1.29 is 0 Å². The number of thioether (sulfide) groups is 1. The number of para-hydroxylation sites is 1. The number of anilines is 2. The monoisotopic (exact) mass is 447 g/mol. The van der Waals surface area contributed by atoms with E-state index in [1.54, 1.807) is 15.5 Å². The fourth-order valence-corrected chi connectivity index (χ4v) is 4.46. The predicted molar refractivity (Wildman–Crippen MR) is 130 cm³/mol. The third kappa shape index (κ3) is 4.29. The zero-order valence-electron chi connectivity index (χ0n) is 18.7. The molecule has 0 radical (unpaired) electrons. The minimum Gasteiger partial charge on any atom is -0.368 e. The SMILES string of the molecule is Cc1cc(C)cc(-n2c(SC(C)c3nc(N)nc(N(C)C)n3)nc3ccccc3c2=O)c1. The van der Waals surface area contributed by atoms with Crippen LogP contribution in [0, 0.1) is 13.8 Å². The van der Waals surface area contributed by atoms with Crippen LogP contribution in [0.4, 0.5) is 11.9 Å². The lowest BCUT2D eigenvalue weighted by molar-refractivity contribution is 0.804. The Labute approximate surface area is 190 Å². The Bertz CT molecular complexity index is 1350. The molecular formula is C23H25N7OS. The molecule has 4 rings (SSSR count). The van der Waals surface area contributed by atoms with Gasteiger partial charge in [-0.15, -0.1) is 0 Å². The lowest BCUT2D eigenvalue weighted by atomic mass is 10.1. The second-order valence-corrected chi connectivity index (χ2v) is 9.21. The Morgan fingerprint density at radius 1 is 1.00 bits per heavy atom. The first-order valence-electron chi connectivity index (χ1n) is 10.2. The van der Waals surface area contributed by atoms with E-state index in [-0.39, 0.29) is 16.8 Å². The summed E-state index contributed by atoms with van der Waals surface area (Å²) in [5, 5.41) is 0.920. The minimum atomic E-state index is -0.218. The highest BCUT2D eigenvalue weighted by atomic mass is 32.2. The van der Waals surface area contributed by atoms with Gasteiger partial charge in [-0.2, -0.15) is 15.0 Å². The molecule has 0 aliphatic heterocycles. The molecule has 0 fully saturated rings. The Morgan fingerprint density at radius 2 is 1.69 bits per heavy atom. The van der Waals surface area contributed by atoms with Gasteiger partial charge in [0.2, 0.25) is 11.9 Å². The van der Waals surface area contributed by atoms with Crippen molar-refractivity contribution in [2.24, 2.45) is 0 Å². The van der Waals surface area contributed by atoms with Gasteiger partial charge < -0.3 is 10.6 Å². The molecule has 0 saturated carbocycles. The van der Waals surface area contributed by atoms with Crippen molar-refractivity contribution in [2.75, 3.05) is 24.7 Å². The topological polar surface area (TPSA) is 103 Å². The number of aryl methyl sites for hydroxylation is 2. The summed E-state index contributed by atoms with van der Waals surface area (Å²) in [6.45, 7) is 6.00. The number of aromatic nitrogens is 5. The van der Waals surface area contributed by atoms with Crippen molar-refractivity contribution >= 4 is 34.6 Å². The summed E-state index contributed by atoms with van der Waals surface area (Å²) in [7, 11) is 3.69. The second-order valence-electron chi connectivity index (χ2n) is 7.90. The highest BCUT2D eigenvalue weighted by Gasteiger charge is 2.20. The molecule has 2 N–H and O–H groups in total. The number of hydrogen-bond acceptors (Lipinski definition) is 8. The molecule has 0 saturated heterocycles. The average molecular weight is 448 g/mol. The lowest BCUT2D eigenvalue weighted by Crippen LogP contribution is -2.22. The zero-order valence-corrected chi connectivity index (χ0v) is 19.5. The van der Waals surface area contributed by atoms with E-state index in [2.05, 4.69) is 21.0 Å². The summed E-state index contributed by atoms with van der Waals surface area (Å²) in [5.74, 6) is 1.17. The van der Waals surface area contributed by atoms with Gasteiger partial charge in [-0.05, 0) is 56.2 Å². The van der Waals surface area contributed by atoms with Crippen molar-refractivity contribution in [3.8, 4) is 5.69 Å². The Morgan fingerprint density at radius 3 is 2.38 bits per heavy atom. The van der Waals surface area contributed by atoms with E-state index in [0.29, 0.717) is 27.8 Å². The molecule has 164 valence electrons. The van der Waals surface area contributed by atoms with Crippen molar-refractivity contribution in [1.82, 2.24) is 24.5 Å². The molecular weight excluding hydrogens is 422 g/mol. The molecule has 4 aromatic rings. The smallest absolute Gasteiger partial charge is 0.266 e. The molecule has 1 unspecified atom stereocenters. The third-order valence-electron chi connectivity index (χ3n) is 4.91. The van der Waals surface area contributed by atoms with Gasteiger partial charge in [0.25, 0.3) is 5.56 Å². The highest BCUT2D eigenvalue weighted by Crippen LogP contribution is 2.34. The van der Waals surface area contributed by atoms with Crippen LogP contribution in [-0.2, 0) is 0 Å². The quantitative estimate of drug-likeness (QED) is 0.365. The van der Waals surface area contributed by atoms with Gasteiger partial charge in [0.1, 0.15) is 5.82 Å². The summed E-state index contributed by atoms with van der Waals surface area (Å²) >= 11 is 1.41. The van der Waals surface area contributed by atoms with Gasteiger partial charge in [0.15, 0.2) is 5.16 Å². The van der Waals surface area contributed by atoms with Crippen LogP contribution >= 0.6 is 11.8 Å². The Kier molecular flexibility index (Phi) is 5.84. The van der Waals surface area contributed by atoms with Crippen molar-refractivity contribution in [2.45, 2.75) is 31.2 Å². The van der Waals surface area contributed by atoms with E-state index in [0.717, 1.165) is 16.8 Å². The lowest BCUT2D eigenvalue weighted by Gasteiger charge is -2.18. The standard InChI is InChI=1S/C23H25N7OS/c1-13-10-14(2)12-16(11-13)30-20(31)17-8-6-7-9-18(17)25-23(30)32-15(3)19-26-21(24)28-22(27-19)29(4)5/h6-12,15H,1-5H3,(H2,24,26,27,28). The van der Waals surface area contributed by atoms with E-state index in [1.165, 1.54) is 11.8 Å². The number of nitrogen functional groups attached to an aromatic ring is 1. The Balaban J connectivity index is 1.87. The van der Waals surface area contributed by atoms with Crippen LogP contribution in [0.2, 0.25) is 0 Å². The fraction of sp³-hybridized carbons (Fsp3) is 0.261. The first-order valence-corrected chi connectivity index (χ1v) is 11.1. The average Bonchev–Trinajstić information content (AvgIpc) is 2.72. The van der Waals surface area contributed by atoms with Crippen molar-refractivity contribution in [3.05, 3.63) is 69.8 Å². The van der Waals surface area contributed by atoms with E-state index in [9.17, 15) is 4.79 Å². The Hall–Kier alpha value is -3.46. The molecule has 0 spiro atoms. The summed E-state index contributed by atoms with van der Waals surface area (Å²) in [4.78, 5) is 33.2. The molecule has 1 atom stereocenters. The van der Waals surface area contributed by atoms with Crippen LogP contribution in [0.15, 0.2) is 52.4 Å². The summed E-state index contributed by atoms with van der Waals surface area (Å²) in [6, 6.07) is 13.4. The first kappa shape index (κ1) is 21.8. The maximum Gasteiger partial charge on any atom is 0.266 e. The second kappa shape index (κ2) is 8.58. The molecule has 2 aromatic carbocycles. The minimum absolute atomic E-state index is 0.112. The van der Waals surface area contributed by atoms with Crippen LogP contribution in [0.5, 0.6) is 0 Å². The normalized spacial score (nSPS) is 12.2. The molecule has 0 amide bonds. The van der Waals surface area contributed by atoms with Gasteiger partial charge in [-0.1, -0.05) is 30.0 Å². The van der Waals surface area contributed by atoms with Gasteiger partial charge in [0, 0.05) is 14.1 Å². The van der Waals surface area contributed by atoms with Gasteiger partial charge in [-0.25, -0.2) is 4.98 Å². The van der Waals surface area contributed by atoms with E-state index < -0.39 is 0 Å². The van der Waals surface area contributed by atoms with Gasteiger partial charge in [0.05, 0.1) is 21.8 Å². The molecule has 32 heavy (non-hydrogen) atoms. The van der Waals surface area contributed by atoms with Crippen LogP contribution < -0.4 is 16.2 Å². The maximum atomic E-state index is 13.5. The molecule has 2 aromatic heterocycles. The number of fused-ring (bicyclic) bond motifs is 1. The first-order chi connectivity index (χ1) is 15.2. The molecule has 8 nitrogen and oxygen atoms in total. The number of nitrogens with zero attached hydrogens (tertiary/aromatic N) is 6. The highest BCUT2D eigenvalue weighted by molar-refractivity contribution is 7.99. The van der Waals surface area contributed by atoms with E-state index in [1.807, 2.05) is 65.2 Å². The van der Waals surface area contributed by atoms with E-state index in [4.69, 9.17) is 10.7 Å². The summed E-state index contributed by atoms with van der Waals surface area (Å²) in [6.07, 6.45) is 0. The van der Waals surface area contributed by atoms with Crippen LogP contribution in [0.1, 0.15) is 29.1 Å².